The number of ether oxygens (including phenoxy) is 6. The summed E-state index contributed by atoms with van der Waals surface area (Å²) >= 11 is 6.17. The molecule has 15 heteroatoms. The number of aliphatic hydroxyl groups is 2. The molecule has 1 aliphatic heterocycles. The number of unbranched alkanes of at least 4 members (excludes halogenated alkanes) is 2. The molecule has 1 heterocycles. The fourth-order valence-electron chi connectivity index (χ4n) is 10.2. The number of allylic oxidation sites excluding steroid dienone is 1. The van der Waals surface area contributed by atoms with Crippen LogP contribution < -0.4 is 24.3 Å². The van der Waals surface area contributed by atoms with Gasteiger partial charge in [0.15, 0.2) is 0 Å². The lowest BCUT2D eigenvalue weighted by atomic mass is 9.55. The van der Waals surface area contributed by atoms with Crippen LogP contribution in [0.4, 0.5) is 15.3 Å². The first-order valence-electron chi connectivity index (χ1n) is 23.8. The van der Waals surface area contributed by atoms with Crippen molar-refractivity contribution in [3.05, 3.63) is 114 Å². The molecule has 6 atom stereocenters. The lowest BCUT2D eigenvalue weighted by Crippen LogP contribution is -2.70. The van der Waals surface area contributed by atoms with Gasteiger partial charge in [-0.2, -0.15) is 0 Å². The summed E-state index contributed by atoms with van der Waals surface area (Å²) in [6.07, 6.45) is 6.92. The molecule has 69 heavy (non-hydrogen) atoms. The molecule has 7 rings (SSSR count). The maximum absolute atomic E-state index is 14.9. The fraction of sp³-hybridized carbons (Fsp3) is 0.463. The van der Waals surface area contributed by atoms with Crippen molar-refractivity contribution in [1.29, 1.82) is 0 Å². The number of carbonyl (C=O) groups is 2. The van der Waals surface area contributed by atoms with E-state index in [1.807, 2.05) is 69.3 Å². The summed E-state index contributed by atoms with van der Waals surface area (Å²) in [5.74, 6) is -0.886. The van der Waals surface area contributed by atoms with Crippen molar-refractivity contribution in [2.24, 2.45) is 22.9 Å². The molecule has 4 aromatic carbocycles. The summed E-state index contributed by atoms with van der Waals surface area (Å²) in [6, 6.07) is 23.5. The molecule has 0 radical (unpaired) electrons. The van der Waals surface area contributed by atoms with E-state index in [9.17, 15) is 19.8 Å². The van der Waals surface area contributed by atoms with Crippen molar-refractivity contribution in [1.82, 2.24) is 4.90 Å². The van der Waals surface area contributed by atoms with Gasteiger partial charge in [-0.05, 0) is 111 Å². The van der Waals surface area contributed by atoms with Crippen molar-refractivity contribution in [3.8, 4) is 23.0 Å². The summed E-state index contributed by atoms with van der Waals surface area (Å²) in [4.78, 5) is 36.5. The van der Waals surface area contributed by atoms with Gasteiger partial charge in [0.2, 0.25) is 5.79 Å². The van der Waals surface area contributed by atoms with E-state index in [2.05, 4.69) is 18.0 Å². The minimum atomic E-state index is -1.57. The number of hydrogen-bond donors (Lipinski definition) is 3. The second-order valence-electron chi connectivity index (χ2n) is 18.6. The van der Waals surface area contributed by atoms with Crippen LogP contribution in [0.25, 0.3) is 10.8 Å². The Kier molecular flexibility index (Phi) is 17.2. The molecular formula is C54H66ClN3O11. The quantitative estimate of drug-likeness (QED) is 0.0315. The molecule has 3 N–H and O–H groups in total. The molecule has 1 saturated carbocycles. The second kappa shape index (κ2) is 23.2. The van der Waals surface area contributed by atoms with Gasteiger partial charge in [-0.15, -0.1) is 18.2 Å². The number of aliphatic hydroxyl groups excluding tert-OH is 2. The minimum Gasteiger partial charge on any atom is -0.497 e. The molecule has 370 valence electrons. The molecule has 0 saturated heterocycles. The highest BCUT2D eigenvalue weighted by Crippen LogP contribution is 2.62. The van der Waals surface area contributed by atoms with Crippen LogP contribution in [0.1, 0.15) is 82.8 Å². The molecule has 2 amide bonds. The highest BCUT2D eigenvalue weighted by atomic mass is 35.5. The van der Waals surface area contributed by atoms with Crippen LogP contribution in [0.3, 0.4) is 0 Å². The molecular weight excluding hydrogens is 902 g/mol. The van der Waals surface area contributed by atoms with Gasteiger partial charge >= 0.3 is 12.2 Å². The maximum atomic E-state index is 14.9. The summed E-state index contributed by atoms with van der Waals surface area (Å²) < 4.78 is 37.4. The van der Waals surface area contributed by atoms with Gasteiger partial charge < -0.3 is 43.5 Å². The molecule has 14 nitrogen and oxygen atoms in total. The van der Waals surface area contributed by atoms with E-state index in [1.165, 1.54) is 7.11 Å². The molecule has 0 spiro atoms. The van der Waals surface area contributed by atoms with Gasteiger partial charge in [0.25, 0.3) is 0 Å². The van der Waals surface area contributed by atoms with E-state index >= 15 is 0 Å². The number of amides is 2. The van der Waals surface area contributed by atoms with Crippen LogP contribution in [0.2, 0.25) is 0 Å². The molecule has 2 aliphatic carbocycles. The van der Waals surface area contributed by atoms with E-state index in [0.29, 0.717) is 47.9 Å². The van der Waals surface area contributed by atoms with Crippen LogP contribution in [-0.4, -0.2) is 97.0 Å². The van der Waals surface area contributed by atoms with E-state index < -0.39 is 35.5 Å². The molecule has 4 aromatic rings. The third kappa shape index (κ3) is 11.6. The first kappa shape index (κ1) is 51.1. The zero-order valence-electron chi connectivity index (χ0n) is 40.3. The number of fused-ring (bicyclic) bond motifs is 3. The lowest BCUT2D eigenvalue weighted by molar-refractivity contribution is -0.256. The SMILES string of the molecule is C=CCO[C@@]12Oc3ccc(OC(=O)Nc4ccc(OC)cc4OC)cc3[C@H]3[C@H](CCCCO)[C@@H](CCCCO)C=C(C(=NOC(C)(C)C)C[C@@H]1N(Cc1cccc4ccccc14)C(=O)OCCCl)[C@H]32. The molecule has 3 aliphatic rings. The van der Waals surface area contributed by atoms with Gasteiger partial charge in [0.05, 0.1) is 50.6 Å². The van der Waals surface area contributed by atoms with Crippen LogP contribution in [0.15, 0.2) is 108 Å². The van der Waals surface area contributed by atoms with E-state index in [0.717, 1.165) is 46.7 Å². The largest absolute Gasteiger partial charge is 0.497 e. The van der Waals surface area contributed by atoms with Crippen LogP contribution >= 0.6 is 11.6 Å². The topological polar surface area (TPSA) is 167 Å². The zero-order chi connectivity index (χ0) is 49.1. The number of nitrogens with one attached hydrogen (secondary N) is 1. The first-order chi connectivity index (χ1) is 33.4. The van der Waals surface area contributed by atoms with Gasteiger partial charge in [0.1, 0.15) is 41.2 Å². The highest BCUT2D eigenvalue weighted by molar-refractivity contribution is 6.18. The summed E-state index contributed by atoms with van der Waals surface area (Å²) in [5.41, 5.74) is 2.87. The van der Waals surface area contributed by atoms with Crippen LogP contribution in [-0.2, 0) is 20.9 Å². The smallest absolute Gasteiger partial charge is 0.417 e. The number of nitrogens with zero attached hydrogens (tertiary/aromatic N) is 2. The van der Waals surface area contributed by atoms with Gasteiger partial charge in [-0.25, -0.2) is 9.59 Å². The molecule has 0 aromatic heterocycles. The maximum Gasteiger partial charge on any atom is 0.417 e. The number of anilines is 1. The van der Waals surface area contributed by atoms with Gasteiger partial charge in [-0.3, -0.25) is 10.2 Å². The Morgan fingerprint density at radius 1 is 0.957 bits per heavy atom. The third-order valence-corrected chi connectivity index (χ3v) is 13.2. The third-order valence-electron chi connectivity index (χ3n) is 13.1. The molecule has 1 fully saturated rings. The van der Waals surface area contributed by atoms with Crippen molar-refractivity contribution in [2.45, 2.75) is 95.6 Å². The predicted octanol–water partition coefficient (Wildman–Crippen LogP) is 10.8. The zero-order valence-corrected chi connectivity index (χ0v) is 41.0. The Morgan fingerprint density at radius 3 is 2.43 bits per heavy atom. The van der Waals surface area contributed by atoms with Crippen molar-refractivity contribution >= 4 is 46.0 Å². The average Bonchev–Trinajstić information content (AvgIpc) is 3.34. The van der Waals surface area contributed by atoms with Crippen LogP contribution in [0, 0.1) is 17.8 Å². The van der Waals surface area contributed by atoms with Gasteiger partial charge in [0, 0.05) is 37.2 Å². The first-order valence-corrected chi connectivity index (χ1v) is 24.4. The van der Waals surface area contributed by atoms with Gasteiger partial charge in [-0.1, -0.05) is 72.6 Å². The molecule has 0 bridgehead atoms. The van der Waals surface area contributed by atoms with E-state index in [-0.39, 0.29) is 68.8 Å². The Balaban J connectivity index is 1.44. The van der Waals surface area contributed by atoms with E-state index in [1.54, 1.807) is 48.4 Å². The lowest BCUT2D eigenvalue weighted by Gasteiger charge is -2.60. The standard InChI is InChI=1S/C54H66ClN3O11/c1-7-28-66-54-48(58(52(62)65-29-25-55)34-37-18-14-17-35-15-8-9-19-40(35)37)33-45(57-69-53(2,3)4)42-30-36(16-10-12-26-59)41(20-11-13-27-60)49(50(42)54)43-31-39(22-24-46(43)68-54)67-51(61)56-44-23-21-38(63-5)32-47(44)64-6/h7-9,14-15,17-19,21-24,30-32,36,41,48-50,59-60H,1,10-13,16,20,25-29,33-34H2,2-6H3,(H,56,61)/t36-,41+,48-,49+,50+,54+/m0/s1. The second-order valence-corrected chi connectivity index (χ2v) is 19.0. The average molecular weight is 969 g/mol. The summed E-state index contributed by atoms with van der Waals surface area (Å²) in [7, 11) is 3.05. The number of methoxy groups -OCH3 is 2. The summed E-state index contributed by atoms with van der Waals surface area (Å²) in [5, 5.41) is 29.8. The number of hydrogen-bond acceptors (Lipinski definition) is 12. The number of alkyl halides is 1. The number of oxime groups is 1. The Bertz CT molecular complexity index is 2480. The molecule has 0 unspecified atom stereocenters. The number of rotatable bonds is 21. The minimum absolute atomic E-state index is 0.0261. The van der Waals surface area contributed by atoms with Crippen molar-refractivity contribution in [2.75, 3.05) is 51.8 Å². The summed E-state index contributed by atoms with van der Waals surface area (Å²) in [6.45, 7) is 10.1. The van der Waals surface area contributed by atoms with E-state index in [4.69, 9.17) is 50.0 Å². The monoisotopic (exact) mass is 967 g/mol. The normalized spacial score (nSPS) is 22.1. The number of halogens is 1. The van der Waals surface area contributed by atoms with Crippen molar-refractivity contribution < 1.29 is 53.1 Å². The Hall–Kier alpha value is -5.80. The number of carbonyl (C=O) groups excluding carboxylic acids is 2. The predicted molar refractivity (Wildman–Crippen MR) is 267 cm³/mol. The number of benzene rings is 4. The van der Waals surface area contributed by atoms with Crippen LogP contribution in [0.5, 0.6) is 23.0 Å². The van der Waals surface area contributed by atoms with Crippen molar-refractivity contribution in [3.63, 3.8) is 0 Å². The highest BCUT2D eigenvalue weighted by Gasteiger charge is 2.66. The Morgan fingerprint density at radius 2 is 1.71 bits per heavy atom. The Labute approximate surface area is 410 Å². The fourth-order valence-corrected chi connectivity index (χ4v) is 10.2.